The Bertz CT molecular complexity index is 503. The standard InChI is InChI=1S/C13H14N2O/c1-2-8-15-13(16)11-7-9-14-12-6-4-3-5-10(11)12/h3-7,9H,2,8H2,1H3,(H,15,16). The summed E-state index contributed by atoms with van der Waals surface area (Å²) in [5.74, 6) is -0.0274. The van der Waals surface area contributed by atoms with E-state index in [1.807, 2.05) is 31.2 Å². The minimum absolute atomic E-state index is 0.0274. The highest BCUT2D eigenvalue weighted by Crippen LogP contribution is 2.15. The van der Waals surface area contributed by atoms with E-state index in [4.69, 9.17) is 0 Å². The van der Waals surface area contributed by atoms with Crippen molar-refractivity contribution in [3.05, 3.63) is 42.1 Å². The first-order valence-corrected chi connectivity index (χ1v) is 5.45. The highest BCUT2D eigenvalue weighted by atomic mass is 16.1. The number of nitrogens with zero attached hydrogens (tertiary/aromatic N) is 1. The zero-order valence-electron chi connectivity index (χ0n) is 9.23. The summed E-state index contributed by atoms with van der Waals surface area (Å²) < 4.78 is 0. The minimum Gasteiger partial charge on any atom is -0.352 e. The normalized spacial score (nSPS) is 10.3. The number of carbonyl (C=O) groups excluding carboxylic acids is 1. The van der Waals surface area contributed by atoms with Crippen LogP contribution in [0.4, 0.5) is 0 Å². The van der Waals surface area contributed by atoms with Gasteiger partial charge in [-0.2, -0.15) is 0 Å². The first kappa shape index (κ1) is 10.6. The summed E-state index contributed by atoms with van der Waals surface area (Å²) in [6.45, 7) is 2.74. The summed E-state index contributed by atoms with van der Waals surface area (Å²) in [6.07, 6.45) is 2.61. The molecule has 3 nitrogen and oxygen atoms in total. The lowest BCUT2D eigenvalue weighted by Crippen LogP contribution is -2.24. The third-order valence-electron chi connectivity index (χ3n) is 2.43. The van der Waals surface area contributed by atoms with Crippen molar-refractivity contribution in [2.24, 2.45) is 0 Å². The molecular weight excluding hydrogens is 200 g/mol. The summed E-state index contributed by atoms with van der Waals surface area (Å²) in [6, 6.07) is 9.42. The minimum atomic E-state index is -0.0274. The van der Waals surface area contributed by atoms with Gasteiger partial charge in [-0.1, -0.05) is 25.1 Å². The monoisotopic (exact) mass is 214 g/mol. The number of para-hydroxylation sites is 1. The highest BCUT2D eigenvalue weighted by Gasteiger charge is 2.08. The molecule has 3 heteroatoms. The van der Waals surface area contributed by atoms with Gasteiger partial charge in [0.25, 0.3) is 5.91 Å². The summed E-state index contributed by atoms with van der Waals surface area (Å²) in [7, 11) is 0. The Balaban J connectivity index is 2.40. The summed E-state index contributed by atoms with van der Waals surface area (Å²) in [4.78, 5) is 16.1. The topological polar surface area (TPSA) is 42.0 Å². The molecule has 1 aromatic heterocycles. The Morgan fingerprint density at radius 3 is 2.94 bits per heavy atom. The van der Waals surface area contributed by atoms with Gasteiger partial charge in [-0.3, -0.25) is 9.78 Å². The molecule has 0 spiro atoms. The number of benzene rings is 1. The Kier molecular flexibility index (Phi) is 3.15. The van der Waals surface area contributed by atoms with Crippen LogP contribution in [0.25, 0.3) is 10.9 Å². The molecule has 0 radical (unpaired) electrons. The lowest BCUT2D eigenvalue weighted by atomic mass is 10.1. The lowest BCUT2D eigenvalue weighted by Gasteiger charge is -2.06. The van der Waals surface area contributed by atoms with E-state index in [0.717, 1.165) is 17.3 Å². The first-order chi connectivity index (χ1) is 7.83. The fraction of sp³-hybridized carbons (Fsp3) is 0.231. The Labute approximate surface area is 94.5 Å². The molecule has 0 aliphatic rings. The van der Waals surface area contributed by atoms with Gasteiger partial charge in [-0.05, 0) is 18.6 Å². The Hall–Kier alpha value is -1.90. The molecule has 0 atom stereocenters. The maximum absolute atomic E-state index is 11.9. The van der Waals surface area contributed by atoms with Crippen LogP contribution in [0.15, 0.2) is 36.5 Å². The van der Waals surface area contributed by atoms with Gasteiger partial charge in [0.1, 0.15) is 0 Å². The fourth-order valence-electron chi connectivity index (χ4n) is 1.63. The number of hydrogen-bond acceptors (Lipinski definition) is 2. The van der Waals surface area contributed by atoms with Crippen LogP contribution >= 0.6 is 0 Å². The van der Waals surface area contributed by atoms with Gasteiger partial charge < -0.3 is 5.32 Å². The van der Waals surface area contributed by atoms with Gasteiger partial charge >= 0.3 is 0 Å². The van der Waals surface area contributed by atoms with E-state index in [1.165, 1.54) is 0 Å². The van der Waals surface area contributed by atoms with Gasteiger partial charge in [0, 0.05) is 18.1 Å². The van der Waals surface area contributed by atoms with E-state index in [0.29, 0.717) is 12.1 Å². The largest absolute Gasteiger partial charge is 0.352 e. The zero-order valence-corrected chi connectivity index (χ0v) is 9.23. The van der Waals surface area contributed by atoms with Crippen LogP contribution < -0.4 is 5.32 Å². The van der Waals surface area contributed by atoms with Crippen molar-refractivity contribution in [3.8, 4) is 0 Å². The number of carbonyl (C=O) groups is 1. The molecule has 82 valence electrons. The SMILES string of the molecule is CCCNC(=O)c1ccnc2ccccc12. The van der Waals surface area contributed by atoms with E-state index in [9.17, 15) is 4.79 Å². The molecule has 2 aromatic rings. The number of nitrogens with one attached hydrogen (secondary N) is 1. The summed E-state index contributed by atoms with van der Waals surface area (Å²) in [5.41, 5.74) is 1.55. The first-order valence-electron chi connectivity index (χ1n) is 5.45. The predicted molar refractivity (Wildman–Crippen MR) is 64.4 cm³/mol. The lowest BCUT2D eigenvalue weighted by molar-refractivity contribution is 0.0955. The zero-order chi connectivity index (χ0) is 11.4. The molecule has 0 unspecified atom stereocenters. The van der Waals surface area contributed by atoms with Crippen molar-refractivity contribution in [2.75, 3.05) is 6.54 Å². The molecule has 1 aromatic carbocycles. The predicted octanol–water partition coefficient (Wildman–Crippen LogP) is 2.37. The molecule has 1 amide bonds. The Morgan fingerprint density at radius 1 is 1.31 bits per heavy atom. The van der Waals surface area contributed by atoms with E-state index < -0.39 is 0 Å². The van der Waals surface area contributed by atoms with Crippen LogP contribution in [-0.4, -0.2) is 17.4 Å². The fourth-order valence-corrected chi connectivity index (χ4v) is 1.63. The molecule has 0 saturated heterocycles. The number of rotatable bonds is 3. The van der Waals surface area contributed by atoms with Crippen molar-refractivity contribution < 1.29 is 4.79 Å². The average Bonchev–Trinajstić information content (AvgIpc) is 2.35. The van der Waals surface area contributed by atoms with Crippen LogP contribution in [0, 0.1) is 0 Å². The van der Waals surface area contributed by atoms with Gasteiger partial charge in [-0.15, -0.1) is 0 Å². The van der Waals surface area contributed by atoms with E-state index >= 15 is 0 Å². The van der Waals surface area contributed by atoms with Crippen LogP contribution in [-0.2, 0) is 0 Å². The summed E-state index contributed by atoms with van der Waals surface area (Å²) in [5, 5.41) is 3.78. The second-order valence-electron chi connectivity index (χ2n) is 3.63. The van der Waals surface area contributed by atoms with E-state index in [-0.39, 0.29) is 5.91 Å². The van der Waals surface area contributed by atoms with Crippen LogP contribution in [0.1, 0.15) is 23.7 Å². The van der Waals surface area contributed by atoms with Crippen LogP contribution in [0.2, 0.25) is 0 Å². The van der Waals surface area contributed by atoms with E-state index in [2.05, 4.69) is 10.3 Å². The molecule has 0 aliphatic heterocycles. The second-order valence-corrected chi connectivity index (χ2v) is 3.63. The molecule has 0 fully saturated rings. The number of pyridine rings is 1. The van der Waals surface area contributed by atoms with Crippen molar-refractivity contribution in [1.29, 1.82) is 0 Å². The van der Waals surface area contributed by atoms with E-state index in [1.54, 1.807) is 12.3 Å². The van der Waals surface area contributed by atoms with Crippen molar-refractivity contribution in [3.63, 3.8) is 0 Å². The van der Waals surface area contributed by atoms with Crippen molar-refractivity contribution in [1.82, 2.24) is 10.3 Å². The number of aromatic nitrogens is 1. The Morgan fingerprint density at radius 2 is 2.12 bits per heavy atom. The highest BCUT2D eigenvalue weighted by molar-refractivity contribution is 6.05. The molecule has 16 heavy (non-hydrogen) atoms. The molecule has 0 saturated carbocycles. The van der Waals surface area contributed by atoms with Crippen molar-refractivity contribution >= 4 is 16.8 Å². The molecule has 2 rings (SSSR count). The summed E-state index contributed by atoms with van der Waals surface area (Å²) >= 11 is 0. The number of hydrogen-bond donors (Lipinski definition) is 1. The van der Waals surface area contributed by atoms with Crippen molar-refractivity contribution in [2.45, 2.75) is 13.3 Å². The molecule has 0 bridgehead atoms. The molecule has 0 aliphatic carbocycles. The van der Waals surface area contributed by atoms with Crippen LogP contribution in [0.3, 0.4) is 0 Å². The second kappa shape index (κ2) is 4.75. The molecular formula is C13H14N2O. The number of fused-ring (bicyclic) bond motifs is 1. The van der Waals surface area contributed by atoms with Gasteiger partial charge in [0.2, 0.25) is 0 Å². The third kappa shape index (κ3) is 2.03. The maximum Gasteiger partial charge on any atom is 0.252 e. The molecule has 1 N–H and O–H groups in total. The maximum atomic E-state index is 11.9. The smallest absolute Gasteiger partial charge is 0.252 e. The number of amides is 1. The van der Waals surface area contributed by atoms with Gasteiger partial charge in [0.15, 0.2) is 0 Å². The third-order valence-corrected chi connectivity index (χ3v) is 2.43. The van der Waals surface area contributed by atoms with Gasteiger partial charge in [0.05, 0.1) is 11.1 Å². The van der Waals surface area contributed by atoms with Gasteiger partial charge in [-0.25, -0.2) is 0 Å². The average molecular weight is 214 g/mol. The van der Waals surface area contributed by atoms with Crippen LogP contribution in [0.5, 0.6) is 0 Å². The quantitative estimate of drug-likeness (QED) is 0.852. The molecule has 1 heterocycles.